The Kier molecular flexibility index (Phi) is 8.24. The van der Waals surface area contributed by atoms with Crippen molar-refractivity contribution in [1.82, 2.24) is 4.48 Å². The van der Waals surface area contributed by atoms with Crippen molar-refractivity contribution < 1.29 is 57.3 Å². The number of rotatable bonds is 3. The van der Waals surface area contributed by atoms with Crippen LogP contribution >= 0.6 is 0 Å². The second-order valence-corrected chi connectivity index (χ2v) is 8.95. The molecule has 2 aromatic rings. The van der Waals surface area contributed by atoms with Crippen molar-refractivity contribution in [3.05, 3.63) is 64.7 Å². The van der Waals surface area contributed by atoms with E-state index in [1.807, 2.05) is 21.1 Å². The van der Waals surface area contributed by atoms with Crippen LogP contribution in [0.2, 0.25) is 0 Å². The molecule has 5 nitrogen and oxygen atoms in total. The van der Waals surface area contributed by atoms with E-state index in [2.05, 4.69) is 0 Å². The van der Waals surface area contributed by atoms with Crippen molar-refractivity contribution in [2.24, 2.45) is 0 Å². The van der Waals surface area contributed by atoms with Crippen molar-refractivity contribution in [3.8, 4) is 0 Å². The highest BCUT2D eigenvalue weighted by molar-refractivity contribution is 7.86. The lowest BCUT2D eigenvalue weighted by molar-refractivity contribution is -0.143. The molecule has 0 saturated carbocycles. The Morgan fingerprint density at radius 2 is 1.09 bits per heavy atom. The molecule has 0 aromatic heterocycles. The van der Waals surface area contributed by atoms with E-state index in [9.17, 15) is 44.3 Å². The van der Waals surface area contributed by atoms with Gasteiger partial charge >= 0.3 is 17.9 Å². The number of benzene rings is 2. The minimum atomic E-state index is -6.09. The molecule has 0 radical (unpaired) electrons. The summed E-state index contributed by atoms with van der Waals surface area (Å²) in [6.07, 6.45) is -9.99. The molecule has 0 aliphatic rings. The summed E-state index contributed by atoms with van der Waals surface area (Å²) in [7, 11) is -0.468. The molecule has 0 fully saturated rings. The van der Waals surface area contributed by atoms with Crippen LogP contribution in [-0.4, -0.2) is 45.4 Å². The summed E-state index contributed by atoms with van der Waals surface area (Å²) in [6.45, 7) is 0. The molecule has 34 heavy (non-hydrogen) atoms. The van der Waals surface area contributed by atoms with Crippen LogP contribution in [0.3, 0.4) is 0 Å². The third-order valence-electron chi connectivity index (χ3n) is 4.04. The molecule has 0 spiro atoms. The van der Waals surface area contributed by atoms with Gasteiger partial charge in [0.25, 0.3) is 0 Å². The van der Waals surface area contributed by atoms with E-state index in [0.29, 0.717) is 16.6 Å². The summed E-state index contributed by atoms with van der Waals surface area (Å²) in [6, 6.07) is 6.84. The van der Waals surface area contributed by atoms with Gasteiger partial charge in [-0.3, -0.25) is 9.28 Å². The first-order valence-corrected chi connectivity index (χ1v) is 10.1. The number of quaternary nitrogens is 1. The van der Waals surface area contributed by atoms with Gasteiger partial charge in [0, 0.05) is 11.1 Å². The Labute approximate surface area is 187 Å². The van der Waals surface area contributed by atoms with Gasteiger partial charge in [-0.1, -0.05) is 0 Å². The molecule has 0 amide bonds. The van der Waals surface area contributed by atoms with E-state index in [1.54, 1.807) is 12.1 Å². The Balaban J connectivity index is 0.000000620. The molecule has 2 rings (SSSR count). The van der Waals surface area contributed by atoms with Gasteiger partial charge in [-0.25, -0.2) is 8.42 Å². The maximum atomic E-state index is 12.9. The maximum absolute atomic E-state index is 12.9. The molecular weight excluding hydrogens is 509 g/mol. The lowest BCUT2D eigenvalue weighted by atomic mass is 9.98. The van der Waals surface area contributed by atoms with Gasteiger partial charge in [-0.2, -0.15) is 39.5 Å². The fourth-order valence-corrected chi connectivity index (χ4v) is 2.31. The van der Waals surface area contributed by atoms with Gasteiger partial charge in [-0.05, 0) is 42.5 Å². The molecule has 0 N–H and O–H groups in total. The topological polar surface area (TPSA) is 74.3 Å². The first kappa shape index (κ1) is 29.4. The largest absolute Gasteiger partial charge is 0.741 e. The van der Waals surface area contributed by atoms with Crippen LogP contribution in [0, 0.1) is 0 Å². The third-order valence-corrected chi connectivity index (χ3v) is 4.60. The molecule has 0 aliphatic heterocycles. The van der Waals surface area contributed by atoms with Crippen molar-refractivity contribution in [3.63, 3.8) is 0 Å². The van der Waals surface area contributed by atoms with Gasteiger partial charge < -0.3 is 4.55 Å². The van der Waals surface area contributed by atoms with Gasteiger partial charge in [0.1, 0.15) is 5.69 Å². The molecule has 0 atom stereocenters. The van der Waals surface area contributed by atoms with Gasteiger partial charge in [0.2, 0.25) is 0 Å². The first-order chi connectivity index (χ1) is 14.9. The number of hydrogen-bond donors (Lipinski definition) is 0. The highest BCUT2D eigenvalue weighted by Crippen LogP contribution is 2.36. The average Bonchev–Trinajstić information content (AvgIpc) is 2.64. The lowest BCUT2D eigenvalue weighted by Crippen LogP contribution is -2.34. The van der Waals surface area contributed by atoms with Crippen LogP contribution < -0.4 is 4.48 Å². The average molecular weight is 525 g/mol. The minimum absolute atomic E-state index is 0.00301. The number of carbonyl (C=O) groups is 1. The molecule has 15 heteroatoms. The van der Waals surface area contributed by atoms with Gasteiger partial charge in [-0.15, -0.1) is 0 Å². The molecule has 2 aromatic carbocycles. The summed E-state index contributed by atoms with van der Waals surface area (Å²) in [5.74, 6) is -0.908. The number of halogens is 9. The molecule has 0 aliphatic carbocycles. The van der Waals surface area contributed by atoms with Crippen LogP contribution in [0.15, 0.2) is 42.5 Å². The maximum Gasteiger partial charge on any atom is 0.485 e. The highest BCUT2D eigenvalue weighted by Gasteiger charge is 2.38. The second kappa shape index (κ2) is 9.54. The summed E-state index contributed by atoms with van der Waals surface area (Å²) >= 11 is 0. The van der Waals surface area contributed by atoms with E-state index >= 15 is 0 Å². The zero-order valence-corrected chi connectivity index (χ0v) is 18.2. The quantitative estimate of drug-likeness (QED) is 0.182. The fraction of sp³-hybridized carbons (Fsp3) is 0.316. The fourth-order valence-electron chi connectivity index (χ4n) is 2.31. The predicted molar refractivity (Wildman–Crippen MR) is 102 cm³/mol. The number of carbonyl (C=O) groups excluding carboxylic acids is 1. The first-order valence-electron chi connectivity index (χ1n) is 8.73. The number of alkyl halides is 9. The van der Waals surface area contributed by atoms with E-state index in [0.717, 1.165) is 5.69 Å². The molecular formula is C19H16F9NO4S. The number of ketones is 1. The molecule has 0 heterocycles. The Morgan fingerprint density at radius 1 is 0.735 bits per heavy atom. The number of nitrogens with zero attached hydrogens (tertiary/aromatic N) is 1. The Bertz CT molecular complexity index is 1100. The molecule has 190 valence electrons. The SMILES string of the molecule is C[N+](C)(C)c1ccc(C(=O)c2cc(C(F)(F)F)cc(C(F)(F)F)c2)cc1.O=S(=O)([O-])C(F)(F)F. The van der Waals surface area contributed by atoms with Crippen LogP contribution in [-0.2, 0) is 22.5 Å². The van der Waals surface area contributed by atoms with E-state index in [4.69, 9.17) is 13.0 Å². The summed E-state index contributed by atoms with van der Waals surface area (Å²) in [5, 5.41) is 0. The van der Waals surface area contributed by atoms with E-state index in [1.165, 1.54) is 12.1 Å². The molecule has 0 saturated heterocycles. The molecule has 0 bridgehead atoms. The van der Waals surface area contributed by atoms with Gasteiger partial charge in [0.15, 0.2) is 15.9 Å². The Hall–Kier alpha value is -2.65. The van der Waals surface area contributed by atoms with Crippen molar-refractivity contribution in [2.75, 3.05) is 21.1 Å². The van der Waals surface area contributed by atoms with Crippen LogP contribution in [0.1, 0.15) is 27.0 Å². The highest BCUT2D eigenvalue weighted by atomic mass is 32.2. The summed E-state index contributed by atoms with van der Waals surface area (Å²) in [4.78, 5) is 12.4. The lowest BCUT2D eigenvalue weighted by Gasteiger charge is -2.23. The zero-order valence-electron chi connectivity index (χ0n) is 17.4. The second-order valence-electron chi connectivity index (χ2n) is 7.58. The summed E-state index contributed by atoms with van der Waals surface area (Å²) in [5.41, 5.74) is -8.51. The smallest absolute Gasteiger partial charge is 0.485 e. The molecule has 0 unspecified atom stereocenters. The van der Waals surface area contributed by atoms with E-state index < -0.39 is 50.5 Å². The van der Waals surface area contributed by atoms with Crippen molar-refractivity contribution in [1.29, 1.82) is 0 Å². The third kappa shape index (κ3) is 7.99. The van der Waals surface area contributed by atoms with Crippen LogP contribution in [0.25, 0.3) is 0 Å². The normalized spacial score (nSPS) is 13.2. The van der Waals surface area contributed by atoms with E-state index in [-0.39, 0.29) is 11.6 Å². The van der Waals surface area contributed by atoms with Gasteiger partial charge in [0.05, 0.1) is 32.3 Å². The van der Waals surface area contributed by atoms with Crippen LogP contribution in [0.4, 0.5) is 45.2 Å². The predicted octanol–water partition coefficient (Wildman–Crippen LogP) is 5.20. The van der Waals surface area contributed by atoms with Crippen molar-refractivity contribution in [2.45, 2.75) is 17.9 Å². The van der Waals surface area contributed by atoms with Crippen LogP contribution in [0.5, 0.6) is 0 Å². The standard InChI is InChI=1S/C18H16F6NO.CHF3O3S/c1-25(2,3)15-6-4-11(5-7-15)16(26)12-8-13(17(19,20)21)10-14(9-12)18(22,23)24;2-1(3,4)8(5,6)7/h4-10H,1-3H3;(H,5,6,7)/q+1;/p-1. The Morgan fingerprint density at radius 3 is 1.35 bits per heavy atom. The number of hydrogen-bond acceptors (Lipinski definition) is 4. The minimum Gasteiger partial charge on any atom is -0.741 e. The monoisotopic (exact) mass is 525 g/mol. The summed E-state index contributed by atoms with van der Waals surface area (Å²) < 4.78 is 137. The van der Waals surface area contributed by atoms with Crippen molar-refractivity contribution >= 4 is 21.6 Å². The zero-order chi connectivity index (χ0) is 26.9.